The summed E-state index contributed by atoms with van der Waals surface area (Å²) in [4.78, 5) is 12.8. The normalized spacial score (nSPS) is 11.9. The molecular weight excluding hydrogens is 276 g/mol. The van der Waals surface area contributed by atoms with Gasteiger partial charge in [0.05, 0.1) is 29.8 Å². The number of non-ortho nitro benzene ring substituents is 1. The summed E-state index contributed by atoms with van der Waals surface area (Å²) in [6, 6.07) is 8.84. The highest BCUT2D eigenvalue weighted by atomic mass is 32.1. The van der Waals surface area contributed by atoms with E-state index in [1.807, 2.05) is 6.92 Å². The number of methoxy groups -OCH3 is 1. The van der Waals surface area contributed by atoms with Crippen LogP contribution in [0.3, 0.4) is 0 Å². The number of nitrogens with one attached hydrogen (secondary N) is 1. The Balaban J connectivity index is 2.22. The van der Waals surface area contributed by atoms with E-state index >= 15 is 0 Å². The Kier molecular flexibility index (Phi) is 4.24. The van der Waals surface area contributed by atoms with Gasteiger partial charge < -0.3 is 10.1 Å². The van der Waals surface area contributed by atoms with E-state index < -0.39 is 4.92 Å². The molecule has 0 fully saturated rings. The topological polar surface area (TPSA) is 64.4 Å². The second kappa shape index (κ2) is 5.92. The molecule has 1 atom stereocenters. The highest BCUT2D eigenvalue weighted by Crippen LogP contribution is 2.33. The first-order valence-electron chi connectivity index (χ1n) is 6.16. The van der Waals surface area contributed by atoms with Crippen molar-refractivity contribution in [2.75, 3.05) is 12.4 Å². The lowest BCUT2D eigenvalue weighted by Crippen LogP contribution is -2.06. The van der Waals surface area contributed by atoms with Crippen LogP contribution in [0.4, 0.5) is 11.4 Å². The maximum absolute atomic E-state index is 10.8. The summed E-state index contributed by atoms with van der Waals surface area (Å²) < 4.78 is 5.21. The van der Waals surface area contributed by atoms with Crippen molar-refractivity contribution in [2.24, 2.45) is 0 Å². The van der Waals surface area contributed by atoms with Gasteiger partial charge in [0, 0.05) is 15.8 Å². The summed E-state index contributed by atoms with van der Waals surface area (Å²) in [5.74, 6) is 0.472. The van der Waals surface area contributed by atoms with Crippen molar-refractivity contribution in [2.45, 2.75) is 19.9 Å². The Morgan fingerprint density at radius 2 is 2.10 bits per heavy atom. The van der Waals surface area contributed by atoms with Crippen LogP contribution >= 0.6 is 11.3 Å². The van der Waals surface area contributed by atoms with Crippen molar-refractivity contribution < 1.29 is 9.66 Å². The molecule has 0 bridgehead atoms. The number of ether oxygens (including phenoxy) is 1. The summed E-state index contributed by atoms with van der Waals surface area (Å²) in [6.45, 7) is 4.11. The number of hydrogen-bond donors (Lipinski definition) is 1. The van der Waals surface area contributed by atoms with Gasteiger partial charge in [-0.25, -0.2) is 0 Å². The van der Waals surface area contributed by atoms with Crippen LogP contribution in [0, 0.1) is 17.0 Å². The molecule has 1 aromatic heterocycles. The molecule has 6 heteroatoms. The van der Waals surface area contributed by atoms with E-state index in [4.69, 9.17) is 4.74 Å². The average Bonchev–Trinajstić information content (AvgIpc) is 2.85. The Labute approximate surface area is 121 Å². The lowest BCUT2D eigenvalue weighted by Gasteiger charge is -2.16. The van der Waals surface area contributed by atoms with Crippen molar-refractivity contribution in [1.82, 2.24) is 0 Å². The summed E-state index contributed by atoms with van der Waals surface area (Å²) in [5.41, 5.74) is 0.767. The molecule has 1 heterocycles. The first kappa shape index (κ1) is 14.3. The van der Waals surface area contributed by atoms with E-state index in [0.29, 0.717) is 5.75 Å². The van der Waals surface area contributed by atoms with E-state index in [2.05, 4.69) is 24.4 Å². The zero-order chi connectivity index (χ0) is 14.7. The number of hydrogen-bond acceptors (Lipinski definition) is 5. The van der Waals surface area contributed by atoms with Crippen molar-refractivity contribution in [1.29, 1.82) is 0 Å². The number of benzene rings is 1. The summed E-state index contributed by atoms with van der Waals surface area (Å²) in [7, 11) is 1.50. The Morgan fingerprint density at radius 3 is 2.65 bits per heavy atom. The van der Waals surface area contributed by atoms with Crippen LogP contribution in [0.15, 0.2) is 30.3 Å². The molecule has 1 unspecified atom stereocenters. The molecule has 0 aliphatic heterocycles. The molecule has 0 amide bonds. The van der Waals surface area contributed by atoms with Crippen LogP contribution in [0.1, 0.15) is 22.7 Å². The first-order valence-corrected chi connectivity index (χ1v) is 6.98. The average molecular weight is 292 g/mol. The number of rotatable bonds is 5. The number of anilines is 1. The molecule has 5 nitrogen and oxygen atoms in total. The minimum Gasteiger partial charge on any atom is -0.494 e. The Bertz CT molecular complexity index is 625. The van der Waals surface area contributed by atoms with Crippen molar-refractivity contribution >= 4 is 22.7 Å². The van der Waals surface area contributed by atoms with Crippen molar-refractivity contribution in [3.8, 4) is 5.75 Å². The maximum Gasteiger partial charge on any atom is 0.273 e. The van der Waals surface area contributed by atoms with E-state index in [9.17, 15) is 10.1 Å². The van der Waals surface area contributed by atoms with Crippen molar-refractivity contribution in [3.63, 3.8) is 0 Å². The molecule has 20 heavy (non-hydrogen) atoms. The zero-order valence-corrected chi connectivity index (χ0v) is 12.4. The molecule has 0 spiro atoms. The quantitative estimate of drug-likeness (QED) is 0.664. The van der Waals surface area contributed by atoms with Crippen molar-refractivity contribution in [3.05, 3.63) is 50.2 Å². The van der Waals surface area contributed by atoms with Gasteiger partial charge in [0.25, 0.3) is 5.69 Å². The number of nitro benzene ring substituents is 1. The zero-order valence-electron chi connectivity index (χ0n) is 11.5. The largest absolute Gasteiger partial charge is 0.494 e. The van der Waals surface area contributed by atoms with Crippen LogP contribution < -0.4 is 10.1 Å². The predicted octanol–water partition coefficient (Wildman–Crippen LogP) is 4.15. The van der Waals surface area contributed by atoms with Crippen LogP contribution in [-0.4, -0.2) is 12.0 Å². The standard InChI is InChI=1S/C14H16N2O3S/c1-9-4-7-14(20-9)10(2)15-12-6-5-11(16(17)18)8-13(12)19-3/h4-8,10,15H,1-3H3. The highest BCUT2D eigenvalue weighted by Gasteiger charge is 2.14. The lowest BCUT2D eigenvalue weighted by molar-refractivity contribution is -0.384. The summed E-state index contributed by atoms with van der Waals surface area (Å²) in [6.07, 6.45) is 0. The molecule has 0 aliphatic carbocycles. The molecule has 1 aromatic carbocycles. The van der Waals surface area contributed by atoms with Gasteiger partial charge in [0.1, 0.15) is 5.75 Å². The molecule has 0 radical (unpaired) electrons. The third kappa shape index (κ3) is 3.08. The van der Waals surface area contributed by atoms with Gasteiger partial charge in [0.15, 0.2) is 0 Å². The Hall–Kier alpha value is -2.08. The smallest absolute Gasteiger partial charge is 0.273 e. The van der Waals surface area contributed by atoms with Crippen LogP contribution in [0.2, 0.25) is 0 Å². The maximum atomic E-state index is 10.8. The number of nitrogens with zero attached hydrogens (tertiary/aromatic N) is 1. The SMILES string of the molecule is COc1cc([N+](=O)[O-])ccc1NC(C)c1ccc(C)s1. The Morgan fingerprint density at radius 1 is 1.35 bits per heavy atom. The molecule has 0 saturated heterocycles. The van der Waals surface area contributed by atoms with E-state index in [1.165, 1.54) is 29.0 Å². The number of thiophene rings is 1. The molecule has 2 aromatic rings. The predicted molar refractivity (Wildman–Crippen MR) is 80.7 cm³/mol. The minimum absolute atomic E-state index is 0.0204. The van der Waals surface area contributed by atoms with Gasteiger partial charge in [-0.3, -0.25) is 10.1 Å². The molecule has 2 rings (SSSR count). The van der Waals surface area contributed by atoms with E-state index in [1.54, 1.807) is 17.4 Å². The molecule has 1 N–H and O–H groups in total. The monoisotopic (exact) mass is 292 g/mol. The molecule has 0 saturated carbocycles. The molecular formula is C14H16N2O3S. The fourth-order valence-electron chi connectivity index (χ4n) is 1.90. The van der Waals surface area contributed by atoms with Crippen LogP contribution in [0.5, 0.6) is 5.75 Å². The van der Waals surface area contributed by atoms with Gasteiger partial charge in [0.2, 0.25) is 0 Å². The fourth-order valence-corrected chi connectivity index (χ4v) is 2.78. The second-order valence-corrected chi connectivity index (χ2v) is 5.78. The summed E-state index contributed by atoms with van der Waals surface area (Å²) in [5, 5.41) is 14.1. The number of nitro groups is 1. The second-order valence-electron chi connectivity index (χ2n) is 4.46. The van der Waals surface area contributed by atoms with E-state index in [-0.39, 0.29) is 11.7 Å². The lowest BCUT2D eigenvalue weighted by atomic mass is 10.2. The van der Waals surface area contributed by atoms with Gasteiger partial charge in [-0.15, -0.1) is 11.3 Å². The molecule has 0 aliphatic rings. The first-order chi connectivity index (χ1) is 9.51. The van der Waals surface area contributed by atoms with Gasteiger partial charge in [-0.05, 0) is 32.0 Å². The van der Waals surface area contributed by atoms with Gasteiger partial charge in [-0.2, -0.15) is 0 Å². The number of aryl methyl sites for hydroxylation is 1. The highest BCUT2D eigenvalue weighted by molar-refractivity contribution is 7.12. The van der Waals surface area contributed by atoms with Gasteiger partial charge >= 0.3 is 0 Å². The third-order valence-electron chi connectivity index (χ3n) is 2.96. The van der Waals surface area contributed by atoms with Crippen LogP contribution in [-0.2, 0) is 0 Å². The molecule has 106 valence electrons. The fraction of sp³-hybridized carbons (Fsp3) is 0.286. The minimum atomic E-state index is -0.432. The van der Waals surface area contributed by atoms with E-state index in [0.717, 1.165) is 5.69 Å². The van der Waals surface area contributed by atoms with Crippen LogP contribution in [0.25, 0.3) is 0 Å². The van der Waals surface area contributed by atoms with Gasteiger partial charge in [-0.1, -0.05) is 0 Å². The third-order valence-corrected chi connectivity index (χ3v) is 4.14. The summed E-state index contributed by atoms with van der Waals surface area (Å²) >= 11 is 1.73.